The summed E-state index contributed by atoms with van der Waals surface area (Å²) in [6, 6.07) is 15.8. The fourth-order valence-corrected chi connectivity index (χ4v) is 3.26. The van der Waals surface area contributed by atoms with Crippen LogP contribution in [0.25, 0.3) is 0 Å². The predicted molar refractivity (Wildman–Crippen MR) is 110 cm³/mol. The molecule has 0 aliphatic heterocycles. The SMILES string of the molecule is NS(=O)(=O)c1ccc(NC(=S)Nc2nn(Cc3ccccc3)cc2Cl)cc1. The fraction of sp³-hybridized carbons (Fsp3) is 0.0588. The summed E-state index contributed by atoms with van der Waals surface area (Å²) in [7, 11) is -3.73. The minimum absolute atomic E-state index is 0.0228. The average Bonchev–Trinajstić information content (AvgIpc) is 2.94. The van der Waals surface area contributed by atoms with Crippen LogP contribution in [0.3, 0.4) is 0 Å². The van der Waals surface area contributed by atoms with E-state index in [0.717, 1.165) is 5.56 Å². The van der Waals surface area contributed by atoms with Gasteiger partial charge >= 0.3 is 0 Å². The first-order valence-corrected chi connectivity index (χ1v) is 10.1. The van der Waals surface area contributed by atoms with E-state index in [9.17, 15) is 8.42 Å². The highest BCUT2D eigenvalue weighted by molar-refractivity contribution is 7.89. The lowest BCUT2D eigenvalue weighted by atomic mass is 10.2. The van der Waals surface area contributed by atoms with Crippen LogP contribution in [0.2, 0.25) is 5.02 Å². The average molecular weight is 422 g/mol. The van der Waals surface area contributed by atoms with Crippen LogP contribution in [0.5, 0.6) is 0 Å². The monoisotopic (exact) mass is 421 g/mol. The second-order valence-corrected chi connectivity index (χ2v) is 8.03. The van der Waals surface area contributed by atoms with Crippen molar-refractivity contribution in [3.63, 3.8) is 0 Å². The van der Waals surface area contributed by atoms with Crippen LogP contribution in [-0.4, -0.2) is 23.3 Å². The van der Waals surface area contributed by atoms with Crippen LogP contribution >= 0.6 is 23.8 Å². The summed E-state index contributed by atoms with van der Waals surface area (Å²) in [5.41, 5.74) is 1.69. The maximum Gasteiger partial charge on any atom is 0.238 e. The van der Waals surface area contributed by atoms with Crippen molar-refractivity contribution in [2.75, 3.05) is 10.6 Å². The minimum Gasteiger partial charge on any atom is -0.332 e. The summed E-state index contributed by atoms with van der Waals surface area (Å²) in [6.45, 7) is 0.581. The Balaban J connectivity index is 1.64. The molecular formula is C17H16ClN5O2S2. The molecule has 0 saturated carbocycles. The van der Waals surface area contributed by atoms with Crippen LogP contribution < -0.4 is 15.8 Å². The van der Waals surface area contributed by atoms with Crippen LogP contribution in [0.4, 0.5) is 11.5 Å². The molecule has 1 heterocycles. The van der Waals surface area contributed by atoms with E-state index in [0.29, 0.717) is 23.1 Å². The van der Waals surface area contributed by atoms with E-state index in [1.165, 1.54) is 12.1 Å². The third-order valence-corrected chi connectivity index (χ3v) is 4.99. The Labute approximate surface area is 167 Å². The molecule has 0 unspecified atom stereocenters. The largest absolute Gasteiger partial charge is 0.332 e. The minimum atomic E-state index is -3.73. The van der Waals surface area contributed by atoms with Crippen LogP contribution in [-0.2, 0) is 16.6 Å². The molecule has 10 heteroatoms. The van der Waals surface area contributed by atoms with Crippen molar-refractivity contribution < 1.29 is 8.42 Å². The van der Waals surface area contributed by atoms with Crippen molar-refractivity contribution in [3.8, 4) is 0 Å². The topological polar surface area (TPSA) is 102 Å². The van der Waals surface area contributed by atoms with Gasteiger partial charge in [0.25, 0.3) is 0 Å². The van der Waals surface area contributed by atoms with Gasteiger partial charge in [0.15, 0.2) is 10.9 Å². The highest BCUT2D eigenvalue weighted by atomic mass is 35.5. The molecule has 0 aliphatic carbocycles. The molecule has 140 valence electrons. The number of aromatic nitrogens is 2. The summed E-state index contributed by atoms with van der Waals surface area (Å²) in [6.07, 6.45) is 1.71. The molecule has 27 heavy (non-hydrogen) atoms. The molecule has 0 bridgehead atoms. The van der Waals surface area contributed by atoms with Gasteiger partial charge in [0, 0.05) is 11.9 Å². The van der Waals surface area contributed by atoms with E-state index in [1.54, 1.807) is 23.0 Å². The van der Waals surface area contributed by atoms with Gasteiger partial charge < -0.3 is 10.6 Å². The molecule has 0 amide bonds. The smallest absolute Gasteiger partial charge is 0.238 e. The van der Waals surface area contributed by atoms with Gasteiger partial charge in [-0.2, -0.15) is 5.10 Å². The maximum atomic E-state index is 11.3. The molecule has 1 aromatic heterocycles. The Hall–Kier alpha value is -2.46. The van der Waals surface area contributed by atoms with Gasteiger partial charge in [-0.25, -0.2) is 13.6 Å². The van der Waals surface area contributed by atoms with Crippen molar-refractivity contribution in [1.82, 2.24) is 9.78 Å². The molecule has 0 aliphatic rings. The van der Waals surface area contributed by atoms with Crippen molar-refractivity contribution in [2.45, 2.75) is 11.4 Å². The Morgan fingerprint density at radius 2 is 1.78 bits per heavy atom. The molecule has 0 atom stereocenters. The van der Waals surface area contributed by atoms with Gasteiger partial charge in [0.2, 0.25) is 10.0 Å². The molecule has 3 aromatic rings. The van der Waals surface area contributed by atoms with E-state index in [2.05, 4.69) is 15.7 Å². The van der Waals surface area contributed by atoms with E-state index in [4.69, 9.17) is 29.0 Å². The summed E-state index contributed by atoms with van der Waals surface area (Å²) in [4.78, 5) is 0.0228. The number of sulfonamides is 1. The lowest BCUT2D eigenvalue weighted by Gasteiger charge is -2.09. The molecular weight excluding hydrogens is 406 g/mol. The summed E-state index contributed by atoms with van der Waals surface area (Å²) in [5.74, 6) is 0.422. The van der Waals surface area contributed by atoms with E-state index in [-0.39, 0.29) is 10.0 Å². The number of hydrogen-bond donors (Lipinski definition) is 3. The zero-order chi connectivity index (χ0) is 19.4. The molecule has 7 nitrogen and oxygen atoms in total. The van der Waals surface area contributed by atoms with Gasteiger partial charge in [0.05, 0.1) is 11.4 Å². The van der Waals surface area contributed by atoms with Crippen molar-refractivity contribution >= 4 is 50.5 Å². The highest BCUT2D eigenvalue weighted by Gasteiger charge is 2.10. The number of nitrogens with two attached hydrogens (primary N) is 1. The summed E-state index contributed by atoms with van der Waals surface area (Å²) < 4.78 is 24.3. The first-order valence-electron chi connectivity index (χ1n) is 7.79. The number of primary sulfonamides is 1. The molecule has 0 fully saturated rings. The van der Waals surface area contributed by atoms with Crippen LogP contribution in [0.15, 0.2) is 65.7 Å². The highest BCUT2D eigenvalue weighted by Crippen LogP contribution is 2.21. The molecule has 0 saturated heterocycles. The van der Waals surface area contributed by atoms with Gasteiger partial charge in [-0.3, -0.25) is 4.68 Å². The van der Waals surface area contributed by atoms with Gasteiger partial charge in [-0.1, -0.05) is 41.9 Å². The zero-order valence-electron chi connectivity index (χ0n) is 14.0. The number of halogens is 1. The number of nitrogens with zero attached hydrogens (tertiary/aromatic N) is 2. The predicted octanol–water partition coefficient (Wildman–Crippen LogP) is 3.04. The molecule has 4 N–H and O–H groups in total. The number of thiocarbonyl (C=S) groups is 1. The zero-order valence-corrected chi connectivity index (χ0v) is 16.4. The number of nitrogens with one attached hydrogen (secondary N) is 2. The second kappa shape index (κ2) is 8.05. The first kappa shape index (κ1) is 19.3. The molecule has 0 spiro atoms. The number of anilines is 2. The third-order valence-electron chi connectivity index (χ3n) is 3.58. The Bertz CT molecular complexity index is 1050. The lowest BCUT2D eigenvalue weighted by molar-refractivity contribution is 0.598. The van der Waals surface area contributed by atoms with E-state index in [1.807, 2.05) is 30.3 Å². The summed E-state index contributed by atoms with van der Waals surface area (Å²) in [5, 5.41) is 16.0. The van der Waals surface area contributed by atoms with Gasteiger partial charge in [-0.15, -0.1) is 0 Å². The summed E-state index contributed by atoms with van der Waals surface area (Å²) >= 11 is 11.5. The standard InChI is InChI=1S/C17H16ClN5O2S2/c18-15-11-23(10-12-4-2-1-3-5-12)22-16(15)21-17(26)20-13-6-8-14(9-7-13)27(19,24)25/h1-9,11H,10H2,(H2,19,24,25)(H2,20,21,22,26). The van der Waals surface area contributed by atoms with Crippen LogP contribution in [0.1, 0.15) is 5.56 Å². The molecule has 3 rings (SSSR count). The quantitative estimate of drug-likeness (QED) is 0.547. The Kier molecular flexibility index (Phi) is 5.76. The van der Waals surface area contributed by atoms with E-state index >= 15 is 0 Å². The third kappa shape index (κ3) is 5.27. The first-order chi connectivity index (χ1) is 12.8. The Morgan fingerprint density at radius 1 is 1.11 bits per heavy atom. The number of hydrogen-bond acceptors (Lipinski definition) is 4. The lowest BCUT2D eigenvalue weighted by Crippen LogP contribution is -2.20. The van der Waals surface area contributed by atoms with Crippen LogP contribution in [0, 0.1) is 0 Å². The Morgan fingerprint density at radius 3 is 2.41 bits per heavy atom. The molecule has 0 radical (unpaired) electrons. The van der Waals surface area contributed by atoms with Gasteiger partial charge in [0.1, 0.15) is 5.02 Å². The van der Waals surface area contributed by atoms with Crippen molar-refractivity contribution in [3.05, 3.63) is 71.4 Å². The molecule has 2 aromatic carbocycles. The van der Waals surface area contributed by atoms with Gasteiger partial charge in [-0.05, 0) is 42.0 Å². The number of benzene rings is 2. The maximum absolute atomic E-state index is 11.3. The van der Waals surface area contributed by atoms with E-state index < -0.39 is 10.0 Å². The van der Waals surface area contributed by atoms with Crippen molar-refractivity contribution in [2.24, 2.45) is 5.14 Å². The van der Waals surface area contributed by atoms with Crippen molar-refractivity contribution in [1.29, 1.82) is 0 Å². The normalized spacial score (nSPS) is 11.2. The number of rotatable bonds is 5. The fourth-order valence-electron chi connectivity index (χ4n) is 2.33. The second-order valence-electron chi connectivity index (χ2n) is 5.66.